The van der Waals surface area contributed by atoms with E-state index in [0.717, 1.165) is 25.3 Å². The van der Waals surface area contributed by atoms with Gasteiger partial charge in [-0.05, 0) is 63.0 Å². The molecule has 3 aliphatic rings. The molecule has 0 unspecified atom stereocenters. The van der Waals surface area contributed by atoms with Crippen LogP contribution in [0.4, 0.5) is 4.39 Å². The molecule has 6 nitrogen and oxygen atoms in total. The van der Waals surface area contributed by atoms with Gasteiger partial charge in [0, 0.05) is 19.2 Å². The van der Waals surface area contributed by atoms with Gasteiger partial charge in [-0.2, -0.15) is 4.31 Å². The molecule has 2 saturated carbocycles. The summed E-state index contributed by atoms with van der Waals surface area (Å²) in [4.78, 5) is 11.3. The second kappa shape index (κ2) is 8.11. The van der Waals surface area contributed by atoms with Gasteiger partial charge in [-0.15, -0.1) is 23.2 Å². The Kier molecular flexibility index (Phi) is 5.98. The van der Waals surface area contributed by atoms with Crippen molar-refractivity contribution in [3.63, 3.8) is 0 Å². The van der Waals surface area contributed by atoms with Gasteiger partial charge in [-0.1, -0.05) is 0 Å². The highest BCUT2D eigenvalue weighted by Crippen LogP contribution is 2.44. The minimum absolute atomic E-state index is 0.195. The lowest BCUT2D eigenvalue weighted by Crippen LogP contribution is -2.54. The smallest absolute Gasteiger partial charge is 0.255 e. The monoisotopic (exact) mass is 478 g/mol. The summed E-state index contributed by atoms with van der Waals surface area (Å²) in [5.41, 5.74) is -0.195. The van der Waals surface area contributed by atoms with E-state index in [0.29, 0.717) is 57.0 Å². The van der Waals surface area contributed by atoms with Crippen LogP contribution < -0.4 is 10.1 Å². The number of hydrogen-bond acceptors (Lipinski definition) is 4. The van der Waals surface area contributed by atoms with Crippen LogP contribution in [-0.2, 0) is 10.0 Å². The normalized spacial score (nSPS) is 23.4. The van der Waals surface area contributed by atoms with E-state index in [1.807, 2.05) is 0 Å². The Bertz CT molecular complexity index is 923. The van der Waals surface area contributed by atoms with Crippen molar-refractivity contribution in [2.24, 2.45) is 5.92 Å². The van der Waals surface area contributed by atoms with Gasteiger partial charge in [0.05, 0.1) is 12.2 Å². The lowest BCUT2D eigenvalue weighted by molar-refractivity contribution is 0.0938. The summed E-state index contributed by atoms with van der Waals surface area (Å²) in [6, 6.07) is 4.02. The number of amides is 1. The van der Waals surface area contributed by atoms with Crippen molar-refractivity contribution in [1.29, 1.82) is 0 Å². The van der Waals surface area contributed by atoms with Gasteiger partial charge in [0.2, 0.25) is 10.0 Å². The molecule has 0 radical (unpaired) electrons. The molecule has 0 aromatic heterocycles. The van der Waals surface area contributed by atoms with Crippen molar-refractivity contribution in [3.8, 4) is 5.75 Å². The fraction of sp³-hybridized carbons (Fsp3) is 0.650. The predicted molar refractivity (Wildman–Crippen MR) is 113 cm³/mol. The lowest BCUT2D eigenvalue weighted by Gasteiger charge is -2.34. The first-order valence-electron chi connectivity index (χ1n) is 10.2. The number of carbonyl (C=O) groups excluding carboxylic acids is 1. The first-order chi connectivity index (χ1) is 14.1. The van der Waals surface area contributed by atoms with E-state index in [9.17, 15) is 17.6 Å². The summed E-state index contributed by atoms with van der Waals surface area (Å²) in [7, 11) is -3.61. The molecule has 3 fully saturated rings. The number of rotatable bonds is 7. The number of nitrogens with zero attached hydrogens (tertiary/aromatic N) is 1. The van der Waals surface area contributed by atoms with Crippen molar-refractivity contribution in [2.45, 2.75) is 54.2 Å². The molecule has 1 saturated heterocycles. The van der Waals surface area contributed by atoms with Crippen LogP contribution in [0.3, 0.4) is 0 Å². The van der Waals surface area contributed by atoms with Crippen LogP contribution in [0.15, 0.2) is 18.2 Å². The highest BCUT2D eigenvalue weighted by atomic mass is 35.5. The number of benzene rings is 1. The number of halogens is 3. The Morgan fingerprint density at radius 2 is 1.87 bits per heavy atom. The number of ether oxygens (including phenoxy) is 1. The Balaban J connectivity index is 1.36. The van der Waals surface area contributed by atoms with E-state index in [1.165, 1.54) is 16.4 Å². The third kappa shape index (κ3) is 4.42. The summed E-state index contributed by atoms with van der Waals surface area (Å²) in [6.07, 6.45) is 4.56. The summed E-state index contributed by atoms with van der Waals surface area (Å²) in [6.45, 7) is 1.36. The summed E-state index contributed by atoms with van der Waals surface area (Å²) in [5.74, 6) is -0.852. The van der Waals surface area contributed by atoms with Crippen molar-refractivity contribution in [1.82, 2.24) is 9.62 Å². The highest BCUT2D eigenvalue weighted by molar-refractivity contribution is 7.90. The van der Waals surface area contributed by atoms with Gasteiger partial charge < -0.3 is 10.1 Å². The minimum atomic E-state index is -3.61. The molecule has 10 heteroatoms. The van der Waals surface area contributed by atoms with E-state index in [4.69, 9.17) is 27.9 Å². The molecule has 4 rings (SSSR count). The van der Waals surface area contributed by atoms with E-state index in [1.54, 1.807) is 0 Å². The third-order valence-electron chi connectivity index (χ3n) is 6.20. The van der Waals surface area contributed by atoms with Crippen LogP contribution >= 0.6 is 23.2 Å². The summed E-state index contributed by atoms with van der Waals surface area (Å²) >= 11 is 12.3. The highest BCUT2D eigenvalue weighted by Gasteiger charge is 2.59. The SMILES string of the molecule is O=C(NC1(S(=O)(=O)N2CCC2)CC1)c1ccc(OCC2CCC(Cl)(Cl)CC2)cc1F. The van der Waals surface area contributed by atoms with E-state index in [-0.39, 0.29) is 5.56 Å². The first-order valence-corrected chi connectivity index (χ1v) is 12.4. The van der Waals surface area contributed by atoms with Crippen molar-refractivity contribution >= 4 is 39.1 Å². The Hall–Kier alpha value is -1.09. The van der Waals surface area contributed by atoms with Gasteiger partial charge in [-0.25, -0.2) is 12.8 Å². The van der Waals surface area contributed by atoms with Crippen LogP contribution in [0.1, 0.15) is 55.3 Å². The quantitative estimate of drug-likeness (QED) is 0.604. The van der Waals surface area contributed by atoms with Crippen molar-refractivity contribution < 1.29 is 22.3 Å². The van der Waals surface area contributed by atoms with Gasteiger partial charge >= 0.3 is 0 Å². The fourth-order valence-corrected chi connectivity index (χ4v) is 6.37. The topological polar surface area (TPSA) is 75.7 Å². The van der Waals surface area contributed by atoms with Crippen molar-refractivity contribution in [2.75, 3.05) is 19.7 Å². The molecule has 30 heavy (non-hydrogen) atoms. The molecule has 1 amide bonds. The average Bonchev–Trinajstić information content (AvgIpc) is 3.40. The zero-order valence-electron chi connectivity index (χ0n) is 16.5. The molecule has 1 aromatic rings. The predicted octanol–water partition coefficient (Wildman–Crippen LogP) is 3.82. The number of sulfonamides is 1. The maximum absolute atomic E-state index is 14.6. The fourth-order valence-electron chi connectivity index (χ4n) is 3.86. The molecule has 1 aliphatic heterocycles. The number of carbonyl (C=O) groups is 1. The average molecular weight is 479 g/mol. The molecule has 2 aliphatic carbocycles. The van der Waals surface area contributed by atoms with Gasteiger partial charge in [-0.3, -0.25) is 4.79 Å². The van der Waals surface area contributed by atoms with E-state index < -0.39 is 31.0 Å². The van der Waals surface area contributed by atoms with Crippen LogP contribution in [0.2, 0.25) is 0 Å². The number of alkyl halides is 2. The summed E-state index contributed by atoms with van der Waals surface area (Å²) in [5, 5.41) is 2.55. The first kappa shape index (κ1) is 22.1. The molecule has 1 N–H and O–H groups in total. The van der Waals surface area contributed by atoms with Crippen LogP contribution in [0.5, 0.6) is 5.75 Å². The molecule has 0 atom stereocenters. The Labute approximate surface area is 186 Å². The Morgan fingerprint density at radius 1 is 1.20 bits per heavy atom. The Morgan fingerprint density at radius 3 is 2.40 bits per heavy atom. The lowest BCUT2D eigenvalue weighted by atomic mass is 9.89. The van der Waals surface area contributed by atoms with Gasteiger partial charge in [0.25, 0.3) is 5.91 Å². The van der Waals surface area contributed by atoms with Gasteiger partial charge in [0.15, 0.2) is 4.87 Å². The standard InChI is InChI=1S/C20H25Cl2FN2O4S/c21-19(22)6-4-14(5-7-19)13-29-15-2-3-16(17(23)12-15)18(26)24-20(8-9-20)30(27,28)25-10-1-11-25/h2-3,12,14H,1,4-11,13H2,(H,24,26). The van der Waals surface area contributed by atoms with Gasteiger partial charge in [0.1, 0.15) is 15.9 Å². The van der Waals surface area contributed by atoms with E-state index in [2.05, 4.69) is 5.32 Å². The maximum Gasteiger partial charge on any atom is 0.255 e. The molecular formula is C20H25Cl2FN2O4S. The maximum atomic E-state index is 14.6. The number of nitrogens with one attached hydrogen (secondary N) is 1. The zero-order chi connectivity index (χ0) is 21.6. The summed E-state index contributed by atoms with van der Waals surface area (Å²) < 4.78 is 46.3. The molecule has 166 valence electrons. The molecule has 1 aromatic carbocycles. The molecule has 0 spiro atoms. The van der Waals surface area contributed by atoms with Crippen LogP contribution in [-0.4, -0.2) is 47.5 Å². The largest absolute Gasteiger partial charge is 0.493 e. The van der Waals surface area contributed by atoms with Crippen LogP contribution in [0.25, 0.3) is 0 Å². The molecule has 0 bridgehead atoms. The van der Waals surface area contributed by atoms with Crippen LogP contribution in [0, 0.1) is 11.7 Å². The van der Waals surface area contributed by atoms with E-state index >= 15 is 0 Å². The van der Waals surface area contributed by atoms with Crippen molar-refractivity contribution in [3.05, 3.63) is 29.6 Å². The third-order valence-corrected chi connectivity index (χ3v) is 9.50. The number of hydrogen-bond donors (Lipinski definition) is 1. The molecular weight excluding hydrogens is 454 g/mol. The second-order valence-electron chi connectivity index (χ2n) is 8.46. The zero-order valence-corrected chi connectivity index (χ0v) is 18.8. The molecule has 1 heterocycles. The minimum Gasteiger partial charge on any atom is -0.493 e. The second-order valence-corrected chi connectivity index (χ2v) is 12.3.